The number of ether oxygens (including phenoxy) is 1. The summed E-state index contributed by atoms with van der Waals surface area (Å²) in [6.07, 6.45) is 6.82. The van der Waals surface area contributed by atoms with Crippen LogP contribution < -0.4 is 5.32 Å². The van der Waals surface area contributed by atoms with Gasteiger partial charge >= 0.3 is 12.1 Å². The van der Waals surface area contributed by atoms with Gasteiger partial charge in [-0.1, -0.05) is 55.3 Å². The van der Waals surface area contributed by atoms with Gasteiger partial charge in [-0.05, 0) is 55.4 Å². The number of Topliss-reactive ketones (excluding diaryl/α,β-unsaturated/α-hetero) is 1. The summed E-state index contributed by atoms with van der Waals surface area (Å²) in [5, 5.41) is 13.5. The van der Waals surface area contributed by atoms with Crippen molar-refractivity contribution in [2.24, 2.45) is 11.3 Å². The van der Waals surface area contributed by atoms with Crippen LogP contribution in [0.2, 0.25) is 0 Å². The summed E-state index contributed by atoms with van der Waals surface area (Å²) >= 11 is 0. The number of nitrogens with one attached hydrogen (secondary N) is 1. The number of para-hydroxylation sites is 1. The molecule has 2 aromatic carbocycles. The van der Waals surface area contributed by atoms with Crippen molar-refractivity contribution >= 4 is 29.4 Å². The number of ketones is 1. The largest absolute Gasteiger partial charge is 0.481 e. The monoisotopic (exact) mass is 603 g/mol. The van der Waals surface area contributed by atoms with Gasteiger partial charge in [0.1, 0.15) is 18.0 Å². The van der Waals surface area contributed by atoms with Gasteiger partial charge in [-0.3, -0.25) is 19.3 Å². The van der Waals surface area contributed by atoms with Crippen LogP contribution in [0.3, 0.4) is 0 Å². The summed E-state index contributed by atoms with van der Waals surface area (Å²) in [5.41, 5.74) is 0.775. The van der Waals surface area contributed by atoms with E-state index >= 15 is 0 Å². The fourth-order valence-corrected chi connectivity index (χ4v) is 6.94. The summed E-state index contributed by atoms with van der Waals surface area (Å²) in [6.45, 7) is 0.312. The lowest BCUT2D eigenvalue weighted by molar-refractivity contribution is -0.147. The first-order valence-corrected chi connectivity index (χ1v) is 15.5. The van der Waals surface area contributed by atoms with Gasteiger partial charge in [-0.15, -0.1) is 0 Å². The van der Waals surface area contributed by atoms with Gasteiger partial charge in [0.05, 0.1) is 24.5 Å². The normalized spacial score (nSPS) is 29.5. The van der Waals surface area contributed by atoms with Crippen LogP contribution in [0.5, 0.6) is 0 Å². The van der Waals surface area contributed by atoms with Gasteiger partial charge in [-0.2, -0.15) is 0 Å². The molecule has 0 bridgehead atoms. The molecule has 1 saturated heterocycles. The summed E-state index contributed by atoms with van der Waals surface area (Å²) < 4.78 is 20.1. The van der Waals surface area contributed by atoms with Gasteiger partial charge in [0.25, 0.3) is 0 Å². The Hall–Kier alpha value is -4.21. The summed E-state index contributed by atoms with van der Waals surface area (Å²) in [4.78, 5) is 56.5. The summed E-state index contributed by atoms with van der Waals surface area (Å²) in [7, 11) is 0. The lowest BCUT2D eigenvalue weighted by Crippen LogP contribution is -2.48. The number of aliphatic carboxylic acids is 1. The summed E-state index contributed by atoms with van der Waals surface area (Å²) in [6, 6.07) is 12.6. The number of hydrogen-bond donors (Lipinski definition) is 2. The summed E-state index contributed by atoms with van der Waals surface area (Å²) in [5.74, 6) is -2.21. The Labute approximate surface area is 256 Å². The highest BCUT2D eigenvalue weighted by atomic mass is 19.1. The third-order valence-electron chi connectivity index (χ3n) is 9.56. The number of carboxylic acid groups (broad SMARTS) is 1. The minimum Gasteiger partial charge on any atom is -0.481 e. The zero-order valence-electron chi connectivity index (χ0n) is 24.6. The topological polar surface area (TPSA) is 116 Å². The molecule has 1 aliphatic carbocycles. The maximum Gasteiger partial charge on any atom is 0.410 e. The van der Waals surface area contributed by atoms with Crippen LogP contribution in [0, 0.1) is 17.2 Å². The molecule has 1 saturated carbocycles. The number of halogens is 1. The number of allylic oxidation sites excluding steroid dienone is 2. The SMILES string of the molecule is O=C1C[C@]2(C(=O)O)C[C@@H]2/C=C\CCCCC[C@H](Nc2ccccc2)C(=O)N2C[C@H](OC(=O)N3Cc4cccc(F)c4C3)C[C@@H]12. The Kier molecular flexibility index (Phi) is 8.42. The van der Waals surface area contributed by atoms with E-state index in [4.69, 9.17) is 4.74 Å². The van der Waals surface area contributed by atoms with Crippen molar-refractivity contribution in [1.29, 1.82) is 0 Å². The molecule has 0 spiro atoms. The highest BCUT2D eigenvalue weighted by molar-refractivity contribution is 5.96. The lowest BCUT2D eigenvalue weighted by atomic mass is 9.92. The lowest BCUT2D eigenvalue weighted by Gasteiger charge is -2.29. The number of rotatable bonds is 4. The van der Waals surface area contributed by atoms with E-state index in [2.05, 4.69) is 5.32 Å². The van der Waals surface area contributed by atoms with E-state index in [0.717, 1.165) is 31.4 Å². The fraction of sp³-hybridized carbons (Fsp3) is 0.471. The molecule has 232 valence electrons. The van der Waals surface area contributed by atoms with E-state index in [1.807, 2.05) is 42.5 Å². The number of anilines is 1. The molecule has 2 aromatic rings. The van der Waals surface area contributed by atoms with Gasteiger partial charge < -0.3 is 20.1 Å². The molecule has 0 radical (unpaired) electrons. The van der Waals surface area contributed by atoms with E-state index < -0.39 is 35.7 Å². The average Bonchev–Trinajstić information content (AvgIpc) is 3.32. The van der Waals surface area contributed by atoms with Crippen LogP contribution in [0.25, 0.3) is 0 Å². The Bertz CT molecular complexity index is 1460. The maximum atomic E-state index is 14.3. The van der Waals surface area contributed by atoms with Crippen LogP contribution >= 0.6 is 0 Å². The molecule has 6 rings (SSSR count). The van der Waals surface area contributed by atoms with E-state index in [1.165, 1.54) is 15.9 Å². The number of carbonyl (C=O) groups excluding carboxylic acids is 3. The van der Waals surface area contributed by atoms with Gasteiger partial charge in [0, 0.05) is 30.6 Å². The first-order chi connectivity index (χ1) is 21.2. The second kappa shape index (κ2) is 12.4. The predicted molar refractivity (Wildman–Crippen MR) is 160 cm³/mol. The number of carbonyl (C=O) groups is 4. The minimum absolute atomic E-state index is 0.0203. The molecular weight excluding hydrogens is 565 g/mol. The molecule has 0 unspecified atom stereocenters. The Balaban J connectivity index is 1.23. The number of nitrogens with zero attached hydrogens (tertiary/aromatic N) is 2. The molecule has 3 heterocycles. The van der Waals surface area contributed by atoms with E-state index in [0.29, 0.717) is 24.0 Å². The van der Waals surface area contributed by atoms with Crippen molar-refractivity contribution < 1.29 is 33.4 Å². The fourth-order valence-electron chi connectivity index (χ4n) is 6.94. The van der Waals surface area contributed by atoms with E-state index in [9.17, 15) is 28.7 Å². The molecule has 9 nitrogen and oxygen atoms in total. The molecule has 44 heavy (non-hydrogen) atoms. The van der Waals surface area contributed by atoms with Crippen LogP contribution in [-0.4, -0.2) is 63.4 Å². The molecule has 0 aromatic heterocycles. The van der Waals surface area contributed by atoms with Gasteiger partial charge in [0.15, 0.2) is 5.78 Å². The van der Waals surface area contributed by atoms with Crippen molar-refractivity contribution in [3.63, 3.8) is 0 Å². The Morgan fingerprint density at radius 1 is 1.02 bits per heavy atom. The highest BCUT2D eigenvalue weighted by Crippen LogP contribution is 2.57. The molecule has 2 fully saturated rings. The van der Waals surface area contributed by atoms with Crippen LogP contribution in [-0.2, 0) is 32.2 Å². The first kappa shape index (κ1) is 29.8. The molecule has 5 atom stereocenters. The number of carboxylic acids is 1. The van der Waals surface area contributed by atoms with Gasteiger partial charge in [0.2, 0.25) is 5.91 Å². The van der Waals surface area contributed by atoms with Crippen molar-refractivity contribution in [3.8, 4) is 0 Å². The quantitative estimate of drug-likeness (QED) is 0.456. The number of benzene rings is 2. The zero-order valence-corrected chi connectivity index (χ0v) is 24.6. The van der Waals surface area contributed by atoms with E-state index in [1.54, 1.807) is 12.1 Å². The van der Waals surface area contributed by atoms with Crippen molar-refractivity contribution in [3.05, 3.63) is 77.6 Å². The van der Waals surface area contributed by atoms with E-state index in [-0.39, 0.29) is 55.9 Å². The van der Waals surface area contributed by atoms with Crippen molar-refractivity contribution in [2.75, 3.05) is 11.9 Å². The molecule has 10 heteroatoms. The molecule has 2 amide bonds. The highest BCUT2D eigenvalue weighted by Gasteiger charge is 2.61. The molecule has 3 aliphatic heterocycles. The smallest absolute Gasteiger partial charge is 0.410 e. The average molecular weight is 604 g/mol. The third-order valence-corrected chi connectivity index (χ3v) is 9.56. The Morgan fingerprint density at radius 2 is 1.84 bits per heavy atom. The van der Waals surface area contributed by atoms with Crippen molar-refractivity contribution in [1.82, 2.24) is 9.80 Å². The second-order valence-electron chi connectivity index (χ2n) is 12.5. The molecular formula is C34H38FN3O6. The van der Waals surface area contributed by atoms with Crippen LogP contribution in [0.1, 0.15) is 62.5 Å². The third kappa shape index (κ3) is 6.07. The Morgan fingerprint density at radius 3 is 2.61 bits per heavy atom. The number of fused-ring (bicyclic) bond motifs is 3. The predicted octanol–water partition coefficient (Wildman–Crippen LogP) is 5.30. The molecule has 2 N–H and O–H groups in total. The number of hydrogen-bond acceptors (Lipinski definition) is 6. The van der Waals surface area contributed by atoms with Crippen LogP contribution in [0.15, 0.2) is 60.7 Å². The molecule has 4 aliphatic rings. The maximum absolute atomic E-state index is 14.3. The van der Waals surface area contributed by atoms with Crippen molar-refractivity contribution in [2.45, 2.75) is 82.6 Å². The minimum atomic E-state index is -1.18. The number of amides is 2. The standard InChI is InChI=1S/C34H38FN3O6/c35-27-14-9-10-22-19-37(21-26(22)27)33(43)44-25-16-29-30(39)18-34(32(41)42)17-23(34)11-5-2-1-3-8-15-28(31(40)38(29)20-25)36-24-12-6-4-7-13-24/h4-7,9-14,23,25,28-29,36H,1-3,8,15-21H2,(H,41,42)/b11-5-/t23-,25+,28-,29-,34+/m0/s1. The first-order valence-electron chi connectivity index (χ1n) is 15.5. The van der Waals surface area contributed by atoms with Crippen LogP contribution in [0.4, 0.5) is 14.9 Å². The zero-order chi connectivity index (χ0) is 30.8. The van der Waals surface area contributed by atoms with Gasteiger partial charge in [-0.25, -0.2) is 9.18 Å². The second-order valence-corrected chi connectivity index (χ2v) is 12.5.